The second-order valence-corrected chi connectivity index (χ2v) is 6.65. The summed E-state index contributed by atoms with van der Waals surface area (Å²) in [5.41, 5.74) is 2.16. The van der Waals surface area contributed by atoms with Gasteiger partial charge in [0.25, 0.3) is 11.6 Å². The lowest BCUT2D eigenvalue weighted by Crippen LogP contribution is -2.21. The van der Waals surface area contributed by atoms with Crippen LogP contribution in [-0.2, 0) is 9.53 Å². The number of esters is 1. The van der Waals surface area contributed by atoms with Gasteiger partial charge in [0.2, 0.25) is 0 Å². The minimum absolute atomic E-state index is 0.0497. The molecule has 0 aliphatic carbocycles. The zero-order valence-corrected chi connectivity index (χ0v) is 16.6. The fourth-order valence-corrected chi connectivity index (χ4v) is 2.87. The van der Waals surface area contributed by atoms with E-state index in [2.05, 4.69) is 10.3 Å². The lowest BCUT2D eigenvalue weighted by Gasteiger charge is -2.09. The molecule has 1 aromatic heterocycles. The van der Waals surface area contributed by atoms with Crippen molar-refractivity contribution in [3.8, 4) is 11.3 Å². The van der Waals surface area contributed by atoms with Crippen LogP contribution in [0.3, 0.4) is 0 Å². The average molecular weight is 426 g/mol. The third kappa shape index (κ3) is 4.98. The van der Waals surface area contributed by atoms with Crippen molar-refractivity contribution in [2.75, 3.05) is 11.9 Å². The van der Waals surface area contributed by atoms with E-state index < -0.39 is 23.4 Å². The first-order valence-corrected chi connectivity index (χ1v) is 9.17. The SMILES string of the molecule is Cc1nc(-c2ccccc2)ccc1C(=O)OCC(=O)Nc1ccc(Cl)c([N+](=O)[O-])c1. The standard InChI is InChI=1S/C21H16ClN3O5/c1-13-16(8-10-18(23-13)14-5-3-2-4-6-14)21(27)30-12-20(26)24-15-7-9-17(22)19(11-15)25(28)29/h2-11H,12H2,1H3,(H,24,26). The number of hydrogen-bond donors (Lipinski definition) is 1. The highest BCUT2D eigenvalue weighted by molar-refractivity contribution is 6.32. The zero-order chi connectivity index (χ0) is 21.7. The monoisotopic (exact) mass is 425 g/mol. The number of benzene rings is 2. The van der Waals surface area contributed by atoms with Gasteiger partial charge in [-0.2, -0.15) is 0 Å². The van der Waals surface area contributed by atoms with Crippen molar-refractivity contribution < 1.29 is 19.2 Å². The maximum atomic E-state index is 12.3. The molecule has 152 valence electrons. The molecule has 1 heterocycles. The zero-order valence-electron chi connectivity index (χ0n) is 15.8. The molecule has 1 amide bonds. The molecule has 0 spiro atoms. The van der Waals surface area contributed by atoms with Crippen LogP contribution in [0.5, 0.6) is 0 Å². The van der Waals surface area contributed by atoms with Crippen LogP contribution < -0.4 is 5.32 Å². The molecule has 0 saturated heterocycles. The number of hydrogen-bond acceptors (Lipinski definition) is 6. The van der Waals surface area contributed by atoms with E-state index >= 15 is 0 Å². The molecule has 0 saturated carbocycles. The molecule has 9 heteroatoms. The van der Waals surface area contributed by atoms with E-state index in [1.165, 1.54) is 12.1 Å². The summed E-state index contributed by atoms with van der Waals surface area (Å²) in [6, 6.07) is 16.6. The van der Waals surface area contributed by atoms with Gasteiger partial charge in [-0.25, -0.2) is 4.79 Å². The maximum absolute atomic E-state index is 12.3. The van der Waals surface area contributed by atoms with Crippen LogP contribution in [0, 0.1) is 17.0 Å². The molecule has 0 atom stereocenters. The lowest BCUT2D eigenvalue weighted by atomic mass is 10.1. The summed E-state index contributed by atoms with van der Waals surface area (Å²) in [5.74, 6) is -1.34. The molecule has 0 fully saturated rings. The van der Waals surface area contributed by atoms with Crippen LogP contribution in [-0.4, -0.2) is 28.4 Å². The number of nitrogens with one attached hydrogen (secondary N) is 1. The fraction of sp³-hybridized carbons (Fsp3) is 0.0952. The number of amides is 1. The summed E-state index contributed by atoms with van der Waals surface area (Å²) in [4.78, 5) is 39.0. The van der Waals surface area contributed by atoms with Gasteiger partial charge in [0.1, 0.15) is 5.02 Å². The molecule has 3 rings (SSSR count). The van der Waals surface area contributed by atoms with Gasteiger partial charge in [-0.1, -0.05) is 41.9 Å². The number of nitro groups is 1. The van der Waals surface area contributed by atoms with Gasteiger partial charge in [0, 0.05) is 17.3 Å². The number of ether oxygens (including phenoxy) is 1. The third-order valence-electron chi connectivity index (χ3n) is 4.14. The van der Waals surface area contributed by atoms with Crippen LogP contribution in [0.25, 0.3) is 11.3 Å². The minimum atomic E-state index is -0.697. The number of aromatic nitrogens is 1. The fourth-order valence-electron chi connectivity index (χ4n) is 2.68. The number of nitrogens with zero attached hydrogens (tertiary/aromatic N) is 2. The largest absolute Gasteiger partial charge is 0.452 e. The summed E-state index contributed by atoms with van der Waals surface area (Å²) in [7, 11) is 0. The highest BCUT2D eigenvalue weighted by atomic mass is 35.5. The van der Waals surface area contributed by atoms with E-state index in [4.69, 9.17) is 16.3 Å². The summed E-state index contributed by atoms with van der Waals surface area (Å²) in [6.45, 7) is 1.12. The summed E-state index contributed by atoms with van der Waals surface area (Å²) in [6.07, 6.45) is 0. The first-order chi connectivity index (χ1) is 14.3. The number of pyridine rings is 1. The third-order valence-corrected chi connectivity index (χ3v) is 4.46. The molecule has 2 aromatic carbocycles. The number of rotatable bonds is 6. The Bertz CT molecular complexity index is 1120. The molecular weight excluding hydrogens is 410 g/mol. The van der Waals surface area contributed by atoms with Crippen molar-refractivity contribution in [3.63, 3.8) is 0 Å². The topological polar surface area (TPSA) is 111 Å². The molecule has 1 N–H and O–H groups in total. The second-order valence-electron chi connectivity index (χ2n) is 6.24. The summed E-state index contributed by atoms with van der Waals surface area (Å²) in [5, 5.41) is 13.3. The van der Waals surface area contributed by atoms with Crippen LogP contribution in [0.1, 0.15) is 16.1 Å². The highest BCUT2D eigenvalue weighted by Gasteiger charge is 2.17. The van der Waals surface area contributed by atoms with Crippen molar-refractivity contribution >= 4 is 34.9 Å². The Balaban J connectivity index is 1.62. The van der Waals surface area contributed by atoms with Gasteiger partial charge in [-0.3, -0.25) is 19.9 Å². The highest BCUT2D eigenvalue weighted by Crippen LogP contribution is 2.27. The summed E-state index contributed by atoms with van der Waals surface area (Å²) >= 11 is 5.73. The van der Waals surface area contributed by atoms with E-state index in [0.717, 1.165) is 11.6 Å². The summed E-state index contributed by atoms with van der Waals surface area (Å²) < 4.78 is 5.04. The first kappa shape index (κ1) is 20.9. The predicted molar refractivity (Wildman–Crippen MR) is 111 cm³/mol. The molecule has 0 unspecified atom stereocenters. The Kier molecular flexibility index (Phi) is 6.38. The average Bonchev–Trinajstić information content (AvgIpc) is 2.73. The molecule has 0 aliphatic heterocycles. The van der Waals surface area contributed by atoms with Gasteiger partial charge in [-0.05, 0) is 31.2 Å². The Morgan fingerprint density at radius 2 is 1.87 bits per heavy atom. The maximum Gasteiger partial charge on any atom is 0.340 e. The number of halogens is 1. The number of carbonyl (C=O) groups is 2. The van der Waals surface area contributed by atoms with E-state index in [0.29, 0.717) is 11.4 Å². The Morgan fingerprint density at radius 3 is 2.53 bits per heavy atom. The van der Waals surface area contributed by atoms with Gasteiger partial charge < -0.3 is 10.1 Å². The van der Waals surface area contributed by atoms with Crippen LogP contribution in [0.4, 0.5) is 11.4 Å². The predicted octanol–water partition coefficient (Wildman–Crippen LogP) is 4.41. The second kappa shape index (κ2) is 9.15. The molecule has 0 aliphatic rings. The normalized spacial score (nSPS) is 10.3. The number of carbonyl (C=O) groups excluding carboxylic acids is 2. The number of aryl methyl sites for hydroxylation is 1. The molecule has 0 bridgehead atoms. The van der Waals surface area contributed by atoms with Crippen LogP contribution in [0.15, 0.2) is 60.7 Å². The lowest BCUT2D eigenvalue weighted by molar-refractivity contribution is -0.384. The van der Waals surface area contributed by atoms with Crippen molar-refractivity contribution in [1.29, 1.82) is 0 Å². The molecule has 30 heavy (non-hydrogen) atoms. The van der Waals surface area contributed by atoms with Crippen molar-refractivity contribution in [2.45, 2.75) is 6.92 Å². The molecule has 0 radical (unpaired) electrons. The Morgan fingerprint density at radius 1 is 1.13 bits per heavy atom. The molecule has 8 nitrogen and oxygen atoms in total. The molecular formula is C21H16ClN3O5. The van der Waals surface area contributed by atoms with Crippen molar-refractivity contribution in [1.82, 2.24) is 4.98 Å². The number of nitro benzene ring substituents is 1. The van der Waals surface area contributed by atoms with E-state index in [-0.39, 0.29) is 22.0 Å². The van der Waals surface area contributed by atoms with Crippen LogP contribution >= 0.6 is 11.6 Å². The molecule has 3 aromatic rings. The van der Waals surface area contributed by atoms with Crippen LogP contribution in [0.2, 0.25) is 5.02 Å². The van der Waals surface area contributed by atoms with E-state index in [1.807, 2.05) is 30.3 Å². The van der Waals surface area contributed by atoms with Gasteiger partial charge in [0.05, 0.1) is 21.9 Å². The van der Waals surface area contributed by atoms with E-state index in [1.54, 1.807) is 19.1 Å². The number of anilines is 1. The van der Waals surface area contributed by atoms with Crippen molar-refractivity contribution in [2.24, 2.45) is 0 Å². The van der Waals surface area contributed by atoms with E-state index in [9.17, 15) is 19.7 Å². The first-order valence-electron chi connectivity index (χ1n) is 8.79. The Hall–Kier alpha value is -3.78. The quantitative estimate of drug-likeness (QED) is 0.355. The van der Waals surface area contributed by atoms with Gasteiger partial charge in [0.15, 0.2) is 6.61 Å². The van der Waals surface area contributed by atoms with Gasteiger partial charge in [-0.15, -0.1) is 0 Å². The Labute approximate surface area is 176 Å². The van der Waals surface area contributed by atoms with Gasteiger partial charge >= 0.3 is 5.97 Å². The van der Waals surface area contributed by atoms with Crippen molar-refractivity contribution in [3.05, 3.63) is 87.1 Å². The smallest absolute Gasteiger partial charge is 0.340 e. The minimum Gasteiger partial charge on any atom is -0.452 e.